The Hall–Kier alpha value is -2.95. The van der Waals surface area contributed by atoms with Crippen LogP contribution in [0.25, 0.3) is 11.4 Å². The summed E-state index contributed by atoms with van der Waals surface area (Å²) >= 11 is 0. The number of carbonyl (C=O) groups excluding carboxylic acids is 1. The monoisotopic (exact) mass is 361 g/mol. The van der Waals surface area contributed by atoms with Crippen LogP contribution in [-0.2, 0) is 11.3 Å². The van der Waals surface area contributed by atoms with Gasteiger partial charge in [0.25, 0.3) is 0 Å². The lowest BCUT2D eigenvalue weighted by molar-refractivity contribution is -0.129. The van der Waals surface area contributed by atoms with Gasteiger partial charge in [0.05, 0.1) is 0 Å². The Balaban J connectivity index is 1.59. The molecule has 3 aromatic rings. The van der Waals surface area contributed by atoms with Crippen LogP contribution in [0.2, 0.25) is 0 Å². The molecule has 1 saturated heterocycles. The topological polar surface area (TPSA) is 59.2 Å². The molecule has 1 aliphatic heterocycles. The van der Waals surface area contributed by atoms with Crippen molar-refractivity contribution in [2.45, 2.75) is 46.2 Å². The smallest absolute Gasteiger partial charge is 0.249 e. The average molecular weight is 361 g/mol. The summed E-state index contributed by atoms with van der Waals surface area (Å²) in [5.41, 5.74) is 5.65. The number of aromatic nitrogens is 2. The molecular formula is C22H23N3O2. The van der Waals surface area contributed by atoms with Gasteiger partial charge in [0.2, 0.25) is 17.6 Å². The first-order valence-electron chi connectivity index (χ1n) is 9.27. The van der Waals surface area contributed by atoms with Crippen LogP contribution in [0.4, 0.5) is 0 Å². The number of rotatable bonds is 4. The van der Waals surface area contributed by atoms with Gasteiger partial charge in [-0.05, 0) is 49.9 Å². The minimum absolute atomic E-state index is 0.132. The molecule has 0 aliphatic carbocycles. The van der Waals surface area contributed by atoms with Gasteiger partial charge in [0.1, 0.15) is 6.04 Å². The minimum Gasteiger partial charge on any atom is -0.337 e. The predicted octanol–water partition coefficient (Wildman–Crippen LogP) is 4.53. The van der Waals surface area contributed by atoms with Crippen molar-refractivity contribution in [3.63, 3.8) is 0 Å². The summed E-state index contributed by atoms with van der Waals surface area (Å²) in [5.74, 6) is 1.22. The zero-order chi connectivity index (χ0) is 19.0. The fourth-order valence-corrected chi connectivity index (χ4v) is 3.56. The fourth-order valence-electron chi connectivity index (χ4n) is 3.56. The molecule has 138 valence electrons. The van der Waals surface area contributed by atoms with Gasteiger partial charge >= 0.3 is 0 Å². The summed E-state index contributed by atoms with van der Waals surface area (Å²) in [7, 11) is 0. The van der Waals surface area contributed by atoms with Crippen molar-refractivity contribution in [2.75, 3.05) is 0 Å². The molecule has 2 heterocycles. The van der Waals surface area contributed by atoms with Crippen LogP contribution in [-0.4, -0.2) is 20.9 Å². The molecule has 1 amide bonds. The maximum absolute atomic E-state index is 12.4. The van der Waals surface area contributed by atoms with Crippen molar-refractivity contribution < 1.29 is 9.32 Å². The van der Waals surface area contributed by atoms with E-state index in [1.54, 1.807) is 0 Å². The number of carbonyl (C=O) groups is 1. The van der Waals surface area contributed by atoms with Gasteiger partial charge in [0.15, 0.2) is 0 Å². The summed E-state index contributed by atoms with van der Waals surface area (Å²) in [5, 5.41) is 4.16. The highest BCUT2D eigenvalue weighted by molar-refractivity contribution is 5.78. The molecule has 5 nitrogen and oxygen atoms in total. The SMILES string of the molecule is Cc1cccc(CN2C(=O)CCC2c2nc(-c3ccc(C)c(C)c3)no2)c1. The summed E-state index contributed by atoms with van der Waals surface area (Å²) in [6.07, 6.45) is 1.22. The molecule has 0 bridgehead atoms. The number of amides is 1. The summed E-state index contributed by atoms with van der Waals surface area (Å²) in [6.45, 7) is 6.76. The van der Waals surface area contributed by atoms with E-state index in [1.165, 1.54) is 16.7 Å². The Morgan fingerprint density at radius 3 is 2.74 bits per heavy atom. The van der Waals surface area contributed by atoms with Gasteiger partial charge in [-0.1, -0.05) is 47.1 Å². The lowest BCUT2D eigenvalue weighted by atomic mass is 10.1. The maximum atomic E-state index is 12.4. The molecule has 1 aliphatic rings. The molecule has 0 N–H and O–H groups in total. The van der Waals surface area contributed by atoms with E-state index in [2.05, 4.69) is 55.2 Å². The lowest BCUT2D eigenvalue weighted by Gasteiger charge is -2.22. The number of hydrogen-bond acceptors (Lipinski definition) is 4. The molecule has 0 saturated carbocycles. The third kappa shape index (κ3) is 3.50. The first kappa shape index (κ1) is 17.5. The second kappa shape index (κ2) is 6.99. The minimum atomic E-state index is -0.161. The predicted molar refractivity (Wildman–Crippen MR) is 103 cm³/mol. The van der Waals surface area contributed by atoms with E-state index in [1.807, 2.05) is 23.1 Å². The molecule has 1 aromatic heterocycles. The Labute approximate surface area is 159 Å². The molecule has 2 aromatic carbocycles. The Bertz CT molecular complexity index is 993. The van der Waals surface area contributed by atoms with Crippen LogP contribution in [0.1, 0.15) is 47.0 Å². The summed E-state index contributed by atoms with van der Waals surface area (Å²) < 4.78 is 5.56. The van der Waals surface area contributed by atoms with Gasteiger partial charge in [-0.25, -0.2) is 0 Å². The van der Waals surface area contributed by atoms with Crippen LogP contribution >= 0.6 is 0 Å². The van der Waals surface area contributed by atoms with E-state index in [4.69, 9.17) is 4.52 Å². The number of likely N-dealkylation sites (tertiary alicyclic amines) is 1. The largest absolute Gasteiger partial charge is 0.337 e. The van der Waals surface area contributed by atoms with Crippen molar-refractivity contribution in [1.29, 1.82) is 0 Å². The molecular weight excluding hydrogens is 338 g/mol. The van der Waals surface area contributed by atoms with Crippen LogP contribution < -0.4 is 0 Å². The average Bonchev–Trinajstić information content (AvgIpc) is 3.25. The van der Waals surface area contributed by atoms with E-state index in [-0.39, 0.29) is 11.9 Å². The van der Waals surface area contributed by atoms with Crippen LogP contribution in [0.5, 0.6) is 0 Å². The number of aryl methyl sites for hydroxylation is 3. The molecule has 5 heteroatoms. The fraction of sp³-hybridized carbons (Fsp3) is 0.318. The zero-order valence-electron chi connectivity index (χ0n) is 15.9. The Kier molecular flexibility index (Phi) is 4.52. The highest BCUT2D eigenvalue weighted by atomic mass is 16.5. The quantitative estimate of drug-likeness (QED) is 0.685. The molecule has 1 atom stereocenters. The summed E-state index contributed by atoms with van der Waals surface area (Å²) in [6, 6.07) is 14.2. The van der Waals surface area contributed by atoms with Gasteiger partial charge in [-0.2, -0.15) is 4.98 Å². The van der Waals surface area contributed by atoms with Crippen molar-refractivity contribution >= 4 is 5.91 Å². The van der Waals surface area contributed by atoms with Gasteiger partial charge in [-0.3, -0.25) is 4.79 Å². The van der Waals surface area contributed by atoms with Crippen LogP contribution in [0, 0.1) is 20.8 Å². The maximum Gasteiger partial charge on any atom is 0.249 e. The zero-order valence-corrected chi connectivity index (χ0v) is 15.9. The van der Waals surface area contributed by atoms with E-state index < -0.39 is 0 Å². The second-order valence-electron chi connectivity index (χ2n) is 7.32. The van der Waals surface area contributed by atoms with Crippen molar-refractivity contribution in [2.24, 2.45) is 0 Å². The molecule has 0 radical (unpaired) electrons. The molecule has 1 unspecified atom stereocenters. The van der Waals surface area contributed by atoms with E-state index in [0.29, 0.717) is 31.1 Å². The summed E-state index contributed by atoms with van der Waals surface area (Å²) in [4.78, 5) is 18.9. The van der Waals surface area contributed by atoms with E-state index >= 15 is 0 Å². The van der Waals surface area contributed by atoms with Crippen molar-refractivity contribution in [3.05, 3.63) is 70.6 Å². The van der Waals surface area contributed by atoms with Crippen LogP contribution in [0.3, 0.4) is 0 Å². The van der Waals surface area contributed by atoms with E-state index in [0.717, 1.165) is 11.1 Å². The Morgan fingerprint density at radius 1 is 1.11 bits per heavy atom. The van der Waals surface area contributed by atoms with Crippen LogP contribution in [0.15, 0.2) is 47.0 Å². The van der Waals surface area contributed by atoms with Crippen molar-refractivity contribution in [1.82, 2.24) is 15.0 Å². The normalized spacial score (nSPS) is 16.9. The third-order valence-corrected chi connectivity index (χ3v) is 5.26. The number of benzene rings is 2. The third-order valence-electron chi connectivity index (χ3n) is 5.26. The Morgan fingerprint density at radius 2 is 1.96 bits per heavy atom. The standard InChI is InChI=1S/C22H23N3O2/c1-14-5-4-6-17(11-14)13-25-19(9-10-20(25)26)22-23-21(24-27-22)18-8-7-15(2)16(3)12-18/h4-8,11-12,19H,9-10,13H2,1-3H3. The highest BCUT2D eigenvalue weighted by Crippen LogP contribution is 2.34. The number of hydrogen-bond donors (Lipinski definition) is 0. The number of nitrogens with zero attached hydrogens (tertiary/aromatic N) is 3. The highest BCUT2D eigenvalue weighted by Gasteiger charge is 2.36. The second-order valence-corrected chi connectivity index (χ2v) is 7.32. The van der Waals surface area contributed by atoms with Gasteiger partial charge < -0.3 is 9.42 Å². The molecule has 4 rings (SSSR count). The first-order valence-corrected chi connectivity index (χ1v) is 9.27. The van der Waals surface area contributed by atoms with E-state index in [9.17, 15) is 4.79 Å². The molecule has 0 spiro atoms. The van der Waals surface area contributed by atoms with Crippen molar-refractivity contribution in [3.8, 4) is 11.4 Å². The van der Waals surface area contributed by atoms with Gasteiger partial charge in [-0.15, -0.1) is 0 Å². The van der Waals surface area contributed by atoms with Gasteiger partial charge in [0, 0.05) is 18.5 Å². The molecule has 1 fully saturated rings. The first-order chi connectivity index (χ1) is 13.0. The molecule has 27 heavy (non-hydrogen) atoms. The lowest BCUT2D eigenvalue weighted by Crippen LogP contribution is -2.27.